The highest BCUT2D eigenvalue weighted by Gasteiger charge is 2.17. The third kappa shape index (κ3) is 1.09. The Morgan fingerprint density at radius 1 is 1.18 bits per heavy atom. The van der Waals surface area contributed by atoms with E-state index in [4.69, 9.17) is 4.42 Å². The molecule has 0 saturated carbocycles. The first-order valence-electron chi connectivity index (χ1n) is 5.93. The zero-order valence-electron chi connectivity index (χ0n) is 9.66. The molecule has 1 aliphatic rings. The van der Waals surface area contributed by atoms with Gasteiger partial charge in [0.2, 0.25) is 0 Å². The van der Waals surface area contributed by atoms with E-state index < -0.39 is 0 Å². The van der Waals surface area contributed by atoms with Crippen LogP contribution in [0.5, 0.6) is 0 Å². The van der Waals surface area contributed by atoms with Gasteiger partial charge in [-0.3, -0.25) is 0 Å². The van der Waals surface area contributed by atoms with E-state index in [2.05, 4.69) is 43.3 Å². The van der Waals surface area contributed by atoms with Crippen LogP contribution in [0.1, 0.15) is 18.1 Å². The van der Waals surface area contributed by atoms with Gasteiger partial charge in [-0.15, -0.1) is 0 Å². The average Bonchev–Trinajstić information content (AvgIpc) is 2.78. The lowest BCUT2D eigenvalue weighted by Gasteiger charge is -2.13. The maximum atomic E-state index is 5.70. The first kappa shape index (κ1) is 9.06. The minimum atomic E-state index is 1.01. The Morgan fingerprint density at radius 2 is 2.06 bits per heavy atom. The summed E-state index contributed by atoms with van der Waals surface area (Å²) >= 11 is 0. The van der Waals surface area contributed by atoms with E-state index in [1.54, 1.807) is 0 Å². The third-order valence-electron chi connectivity index (χ3n) is 3.73. The van der Waals surface area contributed by atoms with Gasteiger partial charge in [-0.2, -0.15) is 0 Å². The van der Waals surface area contributed by atoms with Gasteiger partial charge in [0.05, 0.1) is 6.26 Å². The van der Waals surface area contributed by atoms with Crippen molar-refractivity contribution in [2.24, 2.45) is 0 Å². The van der Waals surface area contributed by atoms with E-state index in [-0.39, 0.29) is 0 Å². The Bertz CT molecular complexity index is 775. The van der Waals surface area contributed by atoms with Gasteiger partial charge < -0.3 is 4.42 Å². The summed E-state index contributed by atoms with van der Waals surface area (Å²) in [5.41, 5.74) is 5.01. The Labute approximate surface area is 99.4 Å². The van der Waals surface area contributed by atoms with Crippen molar-refractivity contribution in [2.45, 2.75) is 13.3 Å². The van der Waals surface area contributed by atoms with Crippen molar-refractivity contribution in [3.8, 4) is 0 Å². The first-order chi connectivity index (χ1) is 8.34. The summed E-state index contributed by atoms with van der Waals surface area (Å²) in [4.78, 5) is 0. The molecule has 0 aliphatic heterocycles. The van der Waals surface area contributed by atoms with E-state index in [1.807, 2.05) is 6.26 Å². The topological polar surface area (TPSA) is 13.1 Å². The van der Waals surface area contributed by atoms with Gasteiger partial charge in [0.25, 0.3) is 0 Å². The second-order valence-electron chi connectivity index (χ2n) is 4.69. The van der Waals surface area contributed by atoms with Crippen molar-refractivity contribution in [3.63, 3.8) is 0 Å². The fourth-order valence-corrected chi connectivity index (χ4v) is 2.83. The SMILES string of the molecule is CC1=CCc2c3ccccc3cc3occ1c23. The highest BCUT2D eigenvalue weighted by Crippen LogP contribution is 2.38. The van der Waals surface area contributed by atoms with E-state index in [0.29, 0.717) is 0 Å². The number of rotatable bonds is 0. The largest absolute Gasteiger partial charge is 0.464 e. The van der Waals surface area contributed by atoms with Crippen LogP contribution in [0.25, 0.3) is 27.3 Å². The molecule has 2 aromatic carbocycles. The zero-order valence-corrected chi connectivity index (χ0v) is 9.66. The van der Waals surface area contributed by atoms with E-state index in [9.17, 15) is 0 Å². The van der Waals surface area contributed by atoms with Crippen molar-refractivity contribution in [2.75, 3.05) is 0 Å². The monoisotopic (exact) mass is 220 g/mol. The zero-order chi connectivity index (χ0) is 11.4. The summed E-state index contributed by atoms with van der Waals surface area (Å²) in [5, 5.41) is 3.93. The average molecular weight is 220 g/mol. The molecule has 0 radical (unpaired) electrons. The van der Waals surface area contributed by atoms with Gasteiger partial charge in [0, 0.05) is 10.9 Å². The highest BCUT2D eigenvalue weighted by atomic mass is 16.3. The van der Waals surface area contributed by atoms with Gasteiger partial charge >= 0.3 is 0 Å². The van der Waals surface area contributed by atoms with Gasteiger partial charge in [0.1, 0.15) is 5.58 Å². The van der Waals surface area contributed by atoms with Gasteiger partial charge in [-0.25, -0.2) is 0 Å². The molecular formula is C16H12O. The second kappa shape index (κ2) is 3.01. The van der Waals surface area contributed by atoms with Crippen molar-refractivity contribution < 1.29 is 4.42 Å². The molecule has 0 amide bonds. The number of furan rings is 1. The summed E-state index contributed by atoms with van der Waals surface area (Å²) in [6.07, 6.45) is 5.19. The van der Waals surface area contributed by atoms with Crippen LogP contribution in [0.2, 0.25) is 0 Å². The molecule has 1 aromatic heterocycles. The van der Waals surface area contributed by atoms with Crippen LogP contribution in [0.4, 0.5) is 0 Å². The Hall–Kier alpha value is -2.02. The van der Waals surface area contributed by atoms with Crippen molar-refractivity contribution in [1.29, 1.82) is 0 Å². The molecule has 0 atom stereocenters. The minimum Gasteiger partial charge on any atom is -0.464 e. The number of hydrogen-bond donors (Lipinski definition) is 0. The summed E-state index contributed by atoms with van der Waals surface area (Å²) in [6, 6.07) is 10.7. The van der Waals surface area contributed by atoms with Crippen molar-refractivity contribution >= 4 is 27.3 Å². The molecule has 3 aromatic rings. The number of benzene rings is 2. The number of allylic oxidation sites excluding steroid dienone is 2. The molecule has 0 saturated heterocycles. The summed E-state index contributed by atoms with van der Waals surface area (Å²) in [5.74, 6) is 0. The third-order valence-corrected chi connectivity index (χ3v) is 3.73. The Morgan fingerprint density at radius 3 is 3.00 bits per heavy atom. The number of fused-ring (bicyclic) bond motifs is 2. The van der Waals surface area contributed by atoms with E-state index >= 15 is 0 Å². The molecule has 0 unspecified atom stereocenters. The predicted octanol–water partition coefficient (Wildman–Crippen LogP) is 4.55. The quantitative estimate of drug-likeness (QED) is 0.542. The van der Waals surface area contributed by atoms with Crippen LogP contribution in [0.3, 0.4) is 0 Å². The molecule has 1 nitrogen and oxygen atoms in total. The van der Waals surface area contributed by atoms with Gasteiger partial charge in [-0.05, 0) is 41.3 Å². The molecule has 4 rings (SSSR count). The molecular weight excluding hydrogens is 208 g/mol. The summed E-state index contributed by atoms with van der Waals surface area (Å²) < 4.78 is 5.70. The molecule has 0 fully saturated rings. The van der Waals surface area contributed by atoms with Crippen LogP contribution in [-0.4, -0.2) is 0 Å². The molecule has 0 spiro atoms. The Kier molecular flexibility index (Phi) is 1.60. The lowest BCUT2D eigenvalue weighted by molar-refractivity contribution is 0.615. The number of hydrogen-bond acceptors (Lipinski definition) is 1. The highest BCUT2D eigenvalue weighted by molar-refractivity contribution is 6.06. The lowest BCUT2D eigenvalue weighted by Crippen LogP contribution is -1.94. The van der Waals surface area contributed by atoms with Crippen LogP contribution in [-0.2, 0) is 6.42 Å². The second-order valence-corrected chi connectivity index (χ2v) is 4.69. The Balaban J connectivity index is 2.29. The maximum Gasteiger partial charge on any atom is 0.135 e. The van der Waals surface area contributed by atoms with Crippen LogP contribution >= 0.6 is 0 Å². The normalized spacial score (nSPS) is 14.3. The van der Waals surface area contributed by atoms with Gasteiger partial charge in [-0.1, -0.05) is 30.3 Å². The maximum absolute atomic E-state index is 5.70. The predicted molar refractivity (Wildman–Crippen MR) is 71.1 cm³/mol. The molecule has 17 heavy (non-hydrogen) atoms. The van der Waals surface area contributed by atoms with E-state index in [0.717, 1.165) is 12.0 Å². The fraction of sp³-hybridized carbons (Fsp3) is 0.125. The molecule has 82 valence electrons. The summed E-state index contributed by atoms with van der Waals surface area (Å²) in [6.45, 7) is 2.16. The molecule has 1 heteroatoms. The van der Waals surface area contributed by atoms with Crippen molar-refractivity contribution in [3.05, 3.63) is 53.8 Å². The van der Waals surface area contributed by atoms with Crippen LogP contribution in [0.15, 0.2) is 47.1 Å². The van der Waals surface area contributed by atoms with Crippen LogP contribution < -0.4 is 0 Å². The first-order valence-corrected chi connectivity index (χ1v) is 5.93. The fourth-order valence-electron chi connectivity index (χ4n) is 2.83. The smallest absolute Gasteiger partial charge is 0.135 e. The minimum absolute atomic E-state index is 1.01. The standard InChI is InChI=1S/C16H12O/c1-10-6-7-13-12-5-3-2-4-11(12)8-15-16(13)14(10)9-17-15/h2-6,8-9H,7H2,1H3. The summed E-state index contributed by atoms with van der Waals surface area (Å²) in [7, 11) is 0. The van der Waals surface area contributed by atoms with E-state index in [1.165, 1.54) is 32.9 Å². The lowest BCUT2D eigenvalue weighted by atomic mass is 9.89. The van der Waals surface area contributed by atoms with Crippen LogP contribution in [0, 0.1) is 0 Å². The molecule has 0 bridgehead atoms. The molecule has 1 heterocycles. The van der Waals surface area contributed by atoms with Crippen molar-refractivity contribution in [1.82, 2.24) is 0 Å². The van der Waals surface area contributed by atoms with Gasteiger partial charge in [0.15, 0.2) is 0 Å². The molecule has 0 N–H and O–H groups in total. The molecule has 1 aliphatic carbocycles.